The van der Waals surface area contributed by atoms with Crippen molar-refractivity contribution in [3.8, 4) is 21.7 Å². The molecule has 0 saturated carbocycles. The molecule has 0 amide bonds. The van der Waals surface area contributed by atoms with E-state index in [9.17, 15) is 0 Å². The average molecular weight is 1090 g/mol. The summed E-state index contributed by atoms with van der Waals surface area (Å²) in [4.78, 5) is 9.98. The maximum atomic E-state index is 8.42. The van der Waals surface area contributed by atoms with Gasteiger partial charge in [0.2, 0.25) is 0 Å². The Balaban J connectivity index is 1.27. The van der Waals surface area contributed by atoms with E-state index >= 15 is 0 Å². The molecule has 0 aliphatic heterocycles. The largest absolute Gasteiger partial charge is 0.309 e. The molecule has 0 radical (unpaired) electrons. The highest BCUT2D eigenvalue weighted by molar-refractivity contribution is 7.20. The fourth-order valence-electron chi connectivity index (χ4n) is 10.8. The Morgan fingerprint density at radius 1 is 0.354 bits per heavy atom. The third-order valence-electron chi connectivity index (χ3n) is 15.5. The molecule has 0 N–H and O–H groups in total. The number of rotatable bonds is 12. The second-order valence-corrected chi connectivity index (χ2v) is 30.3. The minimum Gasteiger partial charge on any atom is -0.309 e. The topological polar surface area (TPSA) is 19.4 Å². The van der Waals surface area contributed by atoms with Crippen molar-refractivity contribution in [1.29, 1.82) is 0 Å². The van der Waals surface area contributed by atoms with Crippen LogP contribution in [0, 0.1) is 0 Å². The maximum Gasteiger partial charge on any atom is 0.179 e. The predicted molar refractivity (Wildman–Crippen MR) is 346 cm³/mol. The lowest BCUT2D eigenvalue weighted by atomic mass is 9.86. The summed E-state index contributed by atoms with van der Waals surface area (Å²) >= 11 is 10.1. The van der Waals surface area contributed by atoms with E-state index in [2.05, 4.69) is 317 Å². The van der Waals surface area contributed by atoms with Gasteiger partial charge in [-0.2, -0.15) is 0 Å². The van der Waals surface area contributed by atoms with Gasteiger partial charge in [0, 0.05) is 22.6 Å². The van der Waals surface area contributed by atoms with E-state index < -0.39 is 8.07 Å². The Morgan fingerprint density at radius 2 is 0.658 bits per heavy atom. The van der Waals surface area contributed by atoms with Gasteiger partial charge in [-0.05, 0) is 124 Å². The number of thiazole rings is 1. The van der Waals surface area contributed by atoms with Crippen molar-refractivity contribution in [1.82, 2.24) is 4.98 Å². The Bertz CT molecular complexity index is 3500. The van der Waals surface area contributed by atoms with E-state index in [0.29, 0.717) is 5.02 Å². The van der Waals surface area contributed by atoms with Gasteiger partial charge in [0.1, 0.15) is 10.0 Å². The monoisotopic (exact) mass is 1090 g/mol. The van der Waals surface area contributed by atoms with Crippen LogP contribution in [0.3, 0.4) is 0 Å². The second-order valence-electron chi connectivity index (χ2n) is 25.1. The van der Waals surface area contributed by atoms with Crippen LogP contribution in [0.2, 0.25) is 5.02 Å². The second kappa shape index (κ2) is 21.7. The minimum atomic E-state index is -3.20. The molecule has 9 aromatic carbocycles. The number of halogens is 1. The molecule has 0 bridgehead atoms. The normalized spacial score (nSPS) is 12.4. The SMILES string of the molecule is CC(C)(C)c1ccc(-c2ccc(-c3ncc(N(c4ccc(C(C)(C)C)cc4)c4cc([Si](c5ccccc5)(c5ccccc5)c5ccccc5)cc(N(c5ccc(C(C)(C)C)cc5)c5ccc(C(C)(C)C)cc5)c4Cl)s3)cc2)cc1. The molecule has 6 heteroatoms. The molecule has 10 aromatic rings. The van der Waals surface area contributed by atoms with Gasteiger partial charge in [-0.1, -0.05) is 282 Å². The Labute approximate surface area is 481 Å². The molecule has 0 saturated heterocycles. The summed E-state index contributed by atoms with van der Waals surface area (Å²) in [6.45, 7) is 27.2. The molecule has 0 unspecified atom stereocenters. The summed E-state index contributed by atoms with van der Waals surface area (Å²) in [5, 5.41) is 7.52. The molecule has 1 aromatic heterocycles. The van der Waals surface area contributed by atoms with Crippen molar-refractivity contribution >= 4 is 85.2 Å². The van der Waals surface area contributed by atoms with Crippen LogP contribution in [0.15, 0.2) is 231 Å². The summed E-state index contributed by atoms with van der Waals surface area (Å²) in [6.07, 6.45) is 2.03. The van der Waals surface area contributed by atoms with Gasteiger partial charge in [-0.3, -0.25) is 4.90 Å². The van der Waals surface area contributed by atoms with Gasteiger partial charge >= 0.3 is 0 Å². The highest BCUT2D eigenvalue weighted by Gasteiger charge is 2.43. The van der Waals surface area contributed by atoms with E-state index in [4.69, 9.17) is 16.6 Å². The summed E-state index contributed by atoms with van der Waals surface area (Å²) in [7, 11) is -3.20. The first-order valence-electron chi connectivity index (χ1n) is 27.7. The average Bonchev–Trinajstić information content (AvgIpc) is 4.06. The first-order chi connectivity index (χ1) is 37.6. The van der Waals surface area contributed by atoms with E-state index in [-0.39, 0.29) is 21.7 Å². The number of hydrogen-bond donors (Lipinski definition) is 0. The zero-order valence-electron chi connectivity index (χ0n) is 48.1. The zero-order chi connectivity index (χ0) is 55.9. The van der Waals surface area contributed by atoms with Gasteiger partial charge in [-0.15, -0.1) is 0 Å². The molecule has 79 heavy (non-hydrogen) atoms. The molecular weight excluding hydrogens is 1010 g/mol. The fraction of sp³-hybridized carbons (Fsp3) is 0.219. The zero-order valence-corrected chi connectivity index (χ0v) is 50.6. The minimum absolute atomic E-state index is 0.0360. The van der Waals surface area contributed by atoms with Crippen LogP contribution in [-0.2, 0) is 21.7 Å². The molecule has 398 valence electrons. The quantitative estimate of drug-likeness (QED) is 0.0898. The standard InChI is InChI=1S/C73H74ClN3SSi/c1-70(2,3)54-34-32-52(33-35-54)51-28-30-53(31-29-51)69-75-50-67(78-69)77(60-46-40-57(41-47-60)73(10,11)12)66-49-64(79(61-22-16-13-17-23-61,62-24-18-14-19-25-62)63-26-20-15-21-27-63)48-65(68(66)74)76(58-42-36-55(37-43-58)71(4,5)6)59-44-38-56(39-45-59)72(7,8)9/h13-50H,1-12H3. The highest BCUT2D eigenvalue weighted by Crippen LogP contribution is 2.49. The third-order valence-corrected chi connectivity index (χ3v) is 21.6. The molecule has 0 aliphatic rings. The lowest BCUT2D eigenvalue weighted by molar-refractivity contribution is 0.590. The summed E-state index contributed by atoms with van der Waals surface area (Å²) in [5.41, 5.74) is 13.3. The van der Waals surface area contributed by atoms with Crippen LogP contribution in [-0.4, -0.2) is 13.1 Å². The van der Waals surface area contributed by atoms with Crippen molar-refractivity contribution in [3.05, 3.63) is 258 Å². The van der Waals surface area contributed by atoms with Crippen molar-refractivity contribution in [2.45, 2.75) is 105 Å². The summed E-state index contributed by atoms with van der Waals surface area (Å²) in [6, 6.07) is 83.4. The van der Waals surface area contributed by atoms with Crippen LogP contribution in [0.4, 0.5) is 33.4 Å². The first kappa shape index (κ1) is 55.0. The molecule has 10 rings (SSSR count). The smallest absolute Gasteiger partial charge is 0.179 e. The van der Waals surface area contributed by atoms with Gasteiger partial charge in [0.05, 0.1) is 22.6 Å². The van der Waals surface area contributed by atoms with E-state index in [1.54, 1.807) is 11.3 Å². The van der Waals surface area contributed by atoms with Gasteiger partial charge in [-0.25, -0.2) is 4.98 Å². The van der Waals surface area contributed by atoms with Gasteiger partial charge in [0.25, 0.3) is 0 Å². The Morgan fingerprint density at radius 3 is 1.01 bits per heavy atom. The Hall–Kier alpha value is -7.28. The molecule has 0 fully saturated rings. The first-order valence-corrected chi connectivity index (χ1v) is 30.9. The lowest BCUT2D eigenvalue weighted by Gasteiger charge is -2.37. The predicted octanol–water partition coefficient (Wildman–Crippen LogP) is 18.6. The van der Waals surface area contributed by atoms with Gasteiger partial charge < -0.3 is 4.90 Å². The van der Waals surface area contributed by atoms with Crippen molar-refractivity contribution in [3.63, 3.8) is 0 Å². The van der Waals surface area contributed by atoms with Crippen molar-refractivity contribution < 1.29 is 0 Å². The number of nitrogens with zero attached hydrogens (tertiary/aromatic N) is 3. The summed E-state index contributed by atoms with van der Waals surface area (Å²) in [5.74, 6) is 0. The molecule has 1 heterocycles. The number of aromatic nitrogens is 1. The number of benzene rings is 9. The molecular formula is C73H74ClN3SSi. The molecule has 0 spiro atoms. The highest BCUT2D eigenvalue weighted by atomic mass is 35.5. The molecule has 3 nitrogen and oxygen atoms in total. The summed E-state index contributed by atoms with van der Waals surface area (Å²) < 4.78 is 0. The number of hydrogen-bond acceptors (Lipinski definition) is 4. The lowest BCUT2D eigenvalue weighted by Crippen LogP contribution is -2.74. The van der Waals surface area contributed by atoms with Gasteiger partial charge in [0.15, 0.2) is 8.07 Å². The molecule has 0 aliphatic carbocycles. The Kier molecular flexibility index (Phi) is 15.2. The van der Waals surface area contributed by atoms with Crippen LogP contribution < -0.4 is 30.5 Å². The molecule has 0 atom stereocenters. The van der Waals surface area contributed by atoms with E-state index in [0.717, 1.165) is 44.0 Å². The maximum absolute atomic E-state index is 8.42. The van der Waals surface area contributed by atoms with Crippen molar-refractivity contribution in [2.24, 2.45) is 0 Å². The number of anilines is 6. The van der Waals surface area contributed by atoms with Crippen LogP contribution in [0.1, 0.15) is 105 Å². The third kappa shape index (κ3) is 11.3. The van der Waals surface area contributed by atoms with Crippen LogP contribution in [0.5, 0.6) is 0 Å². The van der Waals surface area contributed by atoms with Crippen molar-refractivity contribution in [2.75, 3.05) is 9.80 Å². The van der Waals surface area contributed by atoms with E-state index in [1.807, 2.05) is 6.20 Å². The van der Waals surface area contributed by atoms with Crippen LogP contribution in [0.25, 0.3) is 21.7 Å². The van der Waals surface area contributed by atoms with Crippen LogP contribution >= 0.6 is 22.9 Å². The fourth-order valence-corrected chi connectivity index (χ4v) is 16.8. The van der Waals surface area contributed by atoms with E-state index in [1.165, 1.54) is 54.1 Å².